The molecule has 12 nitrogen and oxygen atoms in total. The number of carbonyl (C=O) groups is 1. The van der Waals surface area contributed by atoms with Gasteiger partial charge in [-0.1, -0.05) is 45.0 Å². The minimum absolute atomic E-state index is 0.243. The lowest BCUT2D eigenvalue weighted by atomic mass is 9.92. The van der Waals surface area contributed by atoms with Gasteiger partial charge in [0.05, 0.1) is 48.0 Å². The van der Waals surface area contributed by atoms with Crippen LogP contribution in [0.1, 0.15) is 43.4 Å². The van der Waals surface area contributed by atoms with Crippen molar-refractivity contribution in [2.75, 3.05) is 23.1 Å². The van der Waals surface area contributed by atoms with Crippen molar-refractivity contribution >= 4 is 39.9 Å². The van der Waals surface area contributed by atoms with Crippen molar-refractivity contribution in [1.82, 2.24) is 29.7 Å². The molecule has 0 radical (unpaired) electrons. The number of amides is 2. The number of pyridine rings is 2. The van der Waals surface area contributed by atoms with E-state index in [1.54, 1.807) is 36.4 Å². The molecule has 2 aromatic carbocycles. The second kappa shape index (κ2) is 13.4. The lowest BCUT2D eigenvalue weighted by molar-refractivity contribution is 0.262. The number of nitrogens with zero attached hydrogens (tertiary/aromatic N) is 6. The summed E-state index contributed by atoms with van der Waals surface area (Å²) in [5.74, 6) is 2.94. The Bertz CT molecular complexity index is 2090. The molecule has 48 heavy (non-hydrogen) atoms. The fraction of sp³-hybridized carbons (Fsp3) is 0.222. The summed E-state index contributed by atoms with van der Waals surface area (Å²) >= 11 is 0. The predicted molar refractivity (Wildman–Crippen MR) is 187 cm³/mol. The number of rotatable bonds is 9. The van der Waals surface area contributed by atoms with Gasteiger partial charge in [-0.2, -0.15) is 5.10 Å². The van der Waals surface area contributed by atoms with Crippen LogP contribution in [0, 0.1) is 13.8 Å². The Kier molecular flexibility index (Phi) is 8.89. The third kappa shape index (κ3) is 7.17. The van der Waals surface area contributed by atoms with Crippen LogP contribution in [0.3, 0.4) is 0 Å². The van der Waals surface area contributed by atoms with Gasteiger partial charge in [-0.05, 0) is 49.7 Å². The van der Waals surface area contributed by atoms with Gasteiger partial charge in [-0.25, -0.2) is 24.4 Å². The fourth-order valence-corrected chi connectivity index (χ4v) is 4.95. The van der Waals surface area contributed by atoms with E-state index in [9.17, 15) is 4.79 Å². The Balaban J connectivity index is 1.18. The highest BCUT2D eigenvalue weighted by Crippen LogP contribution is 2.33. The molecule has 244 valence electrons. The standard InChI is InChI=1S/C36H37N9O3/c1-22-23(2)40-32(20-38-22)42-31-17-24(15-16-37-31)21-48-29-13-12-28(26-9-7-8-10-27(26)29)41-35(46)43-33-18-30(36(3,4)5)44-45(33)25-11-14-34(47-6)39-19-25/h7-20H,21H2,1-6H3,(H,37,40,42)(H2,41,43,46). The van der Waals surface area contributed by atoms with E-state index in [-0.39, 0.29) is 5.41 Å². The highest BCUT2D eigenvalue weighted by Gasteiger charge is 2.22. The van der Waals surface area contributed by atoms with Crippen molar-refractivity contribution in [1.29, 1.82) is 0 Å². The number of hydrogen-bond donors (Lipinski definition) is 3. The topological polar surface area (TPSA) is 141 Å². The number of urea groups is 1. The number of methoxy groups -OCH3 is 1. The second-order valence-electron chi connectivity index (χ2n) is 12.3. The summed E-state index contributed by atoms with van der Waals surface area (Å²) in [6.07, 6.45) is 5.06. The van der Waals surface area contributed by atoms with Crippen LogP contribution in [0.15, 0.2) is 85.3 Å². The van der Waals surface area contributed by atoms with E-state index in [0.29, 0.717) is 47.1 Å². The number of aromatic nitrogens is 6. The molecule has 0 saturated heterocycles. The molecule has 0 bridgehead atoms. The average molecular weight is 644 g/mol. The zero-order valence-electron chi connectivity index (χ0n) is 27.7. The molecule has 0 aliphatic carbocycles. The highest BCUT2D eigenvalue weighted by atomic mass is 16.5. The molecule has 0 saturated carbocycles. The third-order valence-corrected chi connectivity index (χ3v) is 7.69. The van der Waals surface area contributed by atoms with E-state index in [1.165, 1.54) is 0 Å². The molecule has 0 aliphatic rings. The number of carbonyl (C=O) groups excluding carboxylic acids is 1. The maximum Gasteiger partial charge on any atom is 0.324 e. The smallest absolute Gasteiger partial charge is 0.324 e. The molecular formula is C36H37N9O3. The molecule has 6 rings (SSSR count). The molecular weight excluding hydrogens is 606 g/mol. The zero-order valence-corrected chi connectivity index (χ0v) is 27.7. The molecule has 0 aliphatic heterocycles. The van der Waals surface area contributed by atoms with Crippen molar-refractivity contribution in [3.8, 4) is 17.3 Å². The van der Waals surface area contributed by atoms with Crippen LogP contribution in [0.25, 0.3) is 16.5 Å². The number of ether oxygens (including phenoxy) is 2. The maximum absolute atomic E-state index is 13.4. The van der Waals surface area contributed by atoms with E-state index >= 15 is 0 Å². The molecule has 0 unspecified atom stereocenters. The highest BCUT2D eigenvalue weighted by molar-refractivity contribution is 6.07. The van der Waals surface area contributed by atoms with Gasteiger partial charge in [0.2, 0.25) is 5.88 Å². The third-order valence-electron chi connectivity index (χ3n) is 7.69. The molecule has 4 heterocycles. The minimum atomic E-state index is -0.415. The Morgan fingerprint density at radius 2 is 1.67 bits per heavy atom. The van der Waals surface area contributed by atoms with Crippen LogP contribution in [0.2, 0.25) is 0 Å². The van der Waals surface area contributed by atoms with Gasteiger partial charge in [0.1, 0.15) is 29.8 Å². The minimum Gasteiger partial charge on any atom is -0.488 e. The summed E-state index contributed by atoms with van der Waals surface area (Å²) in [6.45, 7) is 10.4. The van der Waals surface area contributed by atoms with Crippen molar-refractivity contribution in [3.05, 3.63) is 108 Å². The van der Waals surface area contributed by atoms with E-state index in [2.05, 4.69) is 56.7 Å². The molecule has 12 heteroatoms. The number of fused-ring (bicyclic) bond motifs is 1. The Morgan fingerprint density at radius 3 is 2.40 bits per heavy atom. The van der Waals surface area contributed by atoms with Crippen LogP contribution >= 0.6 is 0 Å². The first-order valence-corrected chi connectivity index (χ1v) is 15.4. The average Bonchev–Trinajstić information content (AvgIpc) is 3.50. The van der Waals surface area contributed by atoms with Gasteiger partial charge in [0.15, 0.2) is 0 Å². The first-order valence-electron chi connectivity index (χ1n) is 15.4. The molecule has 2 amide bonds. The van der Waals surface area contributed by atoms with Gasteiger partial charge in [-0.15, -0.1) is 0 Å². The zero-order chi connectivity index (χ0) is 33.8. The molecule has 3 N–H and O–H groups in total. The molecule has 4 aromatic heterocycles. The van der Waals surface area contributed by atoms with Gasteiger partial charge in [0, 0.05) is 34.5 Å². The summed E-state index contributed by atoms with van der Waals surface area (Å²) in [5, 5.41) is 15.7. The van der Waals surface area contributed by atoms with Crippen molar-refractivity contribution < 1.29 is 14.3 Å². The summed E-state index contributed by atoms with van der Waals surface area (Å²) in [5.41, 5.74) is 4.55. The maximum atomic E-state index is 13.4. The fourth-order valence-electron chi connectivity index (χ4n) is 4.95. The summed E-state index contributed by atoms with van der Waals surface area (Å²) in [7, 11) is 1.56. The van der Waals surface area contributed by atoms with Crippen LogP contribution in [-0.2, 0) is 12.0 Å². The largest absolute Gasteiger partial charge is 0.488 e. The number of hydrogen-bond acceptors (Lipinski definition) is 9. The second-order valence-corrected chi connectivity index (χ2v) is 12.3. The summed E-state index contributed by atoms with van der Waals surface area (Å²) in [6, 6.07) is 20.3. The number of aryl methyl sites for hydroxylation is 2. The van der Waals surface area contributed by atoms with Gasteiger partial charge in [0.25, 0.3) is 0 Å². The van der Waals surface area contributed by atoms with Crippen molar-refractivity contribution in [3.63, 3.8) is 0 Å². The lowest BCUT2D eigenvalue weighted by Crippen LogP contribution is -2.21. The molecule has 6 aromatic rings. The number of anilines is 4. The molecule has 0 spiro atoms. The van der Waals surface area contributed by atoms with E-state index in [4.69, 9.17) is 14.6 Å². The predicted octanol–water partition coefficient (Wildman–Crippen LogP) is 7.50. The number of nitrogens with one attached hydrogen (secondary N) is 3. The van der Waals surface area contributed by atoms with Gasteiger partial charge >= 0.3 is 6.03 Å². The first kappa shape index (κ1) is 31.9. The normalized spacial score (nSPS) is 11.3. The monoisotopic (exact) mass is 643 g/mol. The van der Waals surface area contributed by atoms with E-state index in [0.717, 1.165) is 33.4 Å². The van der Waals surface area contributed by atoms with E-state index in [1.807, 2.05) is 74.5 Å². The Morgan fingerprint density at radius 1 is 0.854 bits per heavy atom. The summed E-state index contributed by atoms with van der Waals surface area (Å²) in [4.78, 5) is 31.0. The Hall–Kier alpha value is -6.04. The first-order chi connectivity index (χ1) is 23.1. The lowest BCUT2D eigenvalue weighted by Gasteiger charge is -2.15. The molecule has 0 atom stereocenters. The van der Waals surface area contributed by atoms with Gasteiger partial charge in [-0.3, -0.25) is 10.3 Å². The quantitative estimate of drug-likeness (QED) is 0.146. The van der Waals surface area contributed by atoms with Gasteiger partial charge < -0.3 is 20.1 Å². The van der Waals surface area contributed by atoms with Crippen LogP contribution in [-0.4, -0.2) is 42.9 Å². The van der Waals surface area contributed by atoms with Crippen LogP contribution in [0.4, 0.5) is 27.9 Å². The SMILES string of the molecule is COc1ccc(-n2nc(C(C)(C)C)cc2NC(=O)Nc2ccc(OCc3ccnc(Nc4cnc(C)c(C)n4)c3)c3ccccc23)cn1. The van der Waals surface area contributed by atoms with Crippen LogP contribution in [0.5, 0.6) is 11.6 Å². The van der Waals surface area contributed by atoms with E-state index < -0.39 is 6.03 Å². The van der Waals surface area contributed by atoms with Crippen LogP contribution < -0.4 is 25.4 Å². The summed E-state index contributed by atoms with van der Waals surface area (Å²) < 4.78 is 13.1. The van der Waals surface area contributed by atoms with Crippen molar-refractivity contribution in [2.24, 2.45) is 0 Å². The van der Waals surface area contributed by atoms with Crippen molar-refractivity contribution in [2.45, 2.75) is 46.6 Å². The number of benzene rings is 2. The Labute approximate surface area is 278 Å². The molecule has 0 fully saturated rings.